The first kappa shape index (κ1) is 15.6. The van der Waals surface area contributed by atoms with E-state index in [1.165, 1.54) is 24.5 Å². The van der Waals surface area contributed by atoms with Gasteiger partial charge >= 0.3 is 0 Å². The van der Waals surface area contributed by atoms with E-state index in [-0.39, 0.29) is 10.7 Å². The van der Waals surface area contributed by atoms with Crippen LogP contribution in [0.25, 0.3) is 0 Å². The van der Waals surface area contributed by atoms with E-state index in [0.717, 1.165) is 0 Å². The predicted octanol–water partition coefficient (Wildman–Crippen LogP) is 0.557. The Balaban J connectivity index is 2.03. The summed E-state index contributed by atoms with van der Waals surface area (Å²) in [4.78, 5) is 15.7. The molecule has 0 atom stereocenters. The second-order valence-corrected chi connectivity index (χ2v) is 6.35. The van der Waals surface area contributed by atoms with Gasteiger partial charge in [0.15, 0.2) is 9.84 Å². The predicted molar refractivity (Wildman–Crippen MR) is 81.8 cm³/mol. The van der Waals surface area contributed by atoms with Crippen LogP contribution in [0.1, 0.15) is 10.4 Å². The maximum atomic E-state index is 12.1. The number of carbonyl (C=O) groups excluding carboxylic acids is 1. The number of hydrogen-bond acceptors (Lipinski definition) is 5. The molecule has 0 radical (unpaired) electrons. The summed E-state index contributed by atoms with van der Waals surface area (Å²) in [6.07, 6.45) is 2.89. The van der Waals surface area contributed by atoms with Gasteiger partial charge in [-0.05, 0) is 24.3 Å². The van der Waals surface area contributed by atoms with Crippen LogP contribution in [0.15, 0.2) is 64.9 Å². The lowest BCUT2D eigenvalue weighted by atomic mass is 10.3. The van der Waals surface area contributed by atoms with Crippen molar-refractivity contribution >= 4 is 21.6 Å². The minimum absolute atomic E-state index is 0.145. The Labute approximate surface area is 127 Å². The number of amidine groups is 1. The topological polar surface area (TPSA) is 115 Å². The Kier molecular flexibility index (Phi) is 4.84. The van der Waals surface area contributed by atoms with E-state index in [1.807, 2.05) is 0 Å². The molecule has 8 heteroatoms. The van der Waals surface area contributed by atoms with Crippen molar-refractivity contribution in [2.24, 2.45) is 10.8 Å². The average molecular weight is 318 g/mol. The molecule has 1 amide bonds. The monoisotopic (exact) mass is 318 g/mol. The fourth-order valence-electron chi connectivity index (χ4n) is 1.62. The van der Waals surface area contributed by atoms with E-state index < -0.39 is 21.5 Å². The quantitative estimate of drug-likeness (QED) is 0.475. The molecule has 1 aromatic heterocycles. The van der Waals surface area contributed by atoms with Gasteiger partial charge in [0.05, 0.1) is 10.5 Å². The Morgan fingerprint density at radius 1 is 1.18 bits per heavy atom. The van der Waals surface area contributed by atoms with Gasteiger partial charge in [0, 0.05) is 12.4 Å². The highest BCUT2D eigenvalue weighted by molar-refractivity contribution is 7.92. The third-order valence-corrected chi connectivity index (χ3v) is 4.33. The van der Waals surface area contributed by atoms with E-state index in [0.29, 0.717) is 5.56 Å². The summed E-state index contributed by atoms with van der Waals surface area (Å²) in [6, 6.07) is 11.0. The van der Waals surface area contributed by atoms with Gasteiger partial charge in [0.1, 0.15) is 11.6 Å². The van der Waals surface area contributed by atoms with E-state index in [9.17, 15) is 13.2 Å². The molecule has 7 nitrogen and oxygen atoms in total. The van der Waals surface area contributed by atoms with Crippen molar-refractivity contribution in [3.63, 3.8) is 0 Å². The molecule has 0 unspecified atom stereocenters. The number of pyridine rings is 1. The van der Waals surface area contributed by atoms with Gasteiger partial charge in [-0.25, -0.2) is 13.8 Å². The Morgan fingerprint density at radius 2 is 1.91 bits per heavy atom. The summed E-state index contributed by atoms with van der Waals surface area (Å²) in [5, 5.41) is 3.60. The maximum absolute atomic E-state index is 12.1. The minimum atomic E-state index is -3.59. The Morgan fingerprint density at radius 3 is 2.55 bits per heavy atom. The van der Waals surface area contributed by atoms with E-state index in [1.54, 1.807) is 30.3 Å². The lowest BCUT2D eigenvalue weighted by Gasteiger charge is -2.04. The molecule has 3 N–H and O–H groups in total. The van der Waals surface area contributed by atoms with Crippen molar-refractivity contribution in [3.05, 3.63) is 60.4 Å². The lowest BCUT2D eigenvalue weighted by molar-refractivity contribution is 0.0954. The zero-order chi connectivity index (χ0) is 16.0. The minimum Gasteiger partial charge on any atom is -0.385 e. The number of sulfone groups is 1. The number of aromatic nitrogens is 1. The Hall–Kier alpha value is -2.74. The van der Waals surface area contributed by atoms with Crippen LogP contribution in [-0.2, 0) is 9.84 Å². The van der Waals surface area contributed by atoms with Gasteiger partial charge in [-0.15, -0.1) is 0 Å². The van der Waals surface area contributed by atoms with Gasteiger partial charge in [0.25, 0.3) is 5.91 Å². The van der Waals surface area contributed by atoms with Crippen molar-refractivity contribution in [2.75, 3.05) is 5.75 Å². The zero-order valence-electron chi connectivity index (χ0n) is 11.5. The SMILES string of the molecule is NC(CS(=O)(=O)c1ccccc1)=NNC(=O)c1cccnc1. The van der Waals surface area contributed by atoms with Crippen LogP contribution in [0.2, 0.25) is 0 Å². The second-order valence-electron chi connectivity index (χ2n) is 4.36. The van der Waals surface area contributed by atoms with Crippen molar-refractivity contribution in [1.82, 2.24) is 10.4 Å². The van der Waals surface area contributed by atoms with Crippen LogP contribution >= 0.6 is 0 Å². The fourth-order valence-corrected chi connectivity index (χ4v) is 2.81. The summed E-state index contributed by atoms with van der Waals surface area (Å²) in [7, 11) is -3.59. The van der Waals surface area contributed by atoms with Crippen molar-refractivity contribution in [3.8, 4) is 0 Å². The standard InChI is InChI=1S/C14H14N4O3S/c15-13(10-22(20,21)12-6-2-1-3-7-12)17-18-14(19)11-5-4-8-16-9-11/h1-9H,10H2,(H2,15,17)(H,18,19). The highest BCUT2D eigenvalue weighted by Crippen LogP contribution is 2.09. The van der Waals surface area contributed by atoms with Crippen LogP contribution in [0.5, 0.6) is 0 Å². The fraction of sp³-hybridized carbons (Fsp3) is 0.0714. The van der Waals surface area contributed by atoms with Gasteiger partial charge in [-0.1, -0.05) is 18.2 Å². The van der Waals surface area contributed by atoms with Gasteiger partial charge in [-0.3, -0.25) is 9.78 Å². The molecule has 22 heavy (non-hydrogen) atoms. The maximum Gasteiger partial charge on any atom is 0.272 e. The smallest absolute Gasteiger partial charge is 0.272 e. The van der Waals surface area contributed by atoms with Crippen LogP contribution in [0.4, 0.5) is 0 Å². The number of hydrazone groups is 1. The molecular weight excluding hydrogens is 304 g/mol. The number of nitrogens with zero attached hydrogens (tertiary/aromatic N) is 2. The number of nitrogens with one attached hydrogen (secondary N) is 1. The molecular formula is C14H14N4O3S. The number of nitrogens with two attached hydrogens (primary N) is 1. The van der Waals surface area contributed by atoms with E-state index in [2.05, 4.69) is 15.5 Å². The normalized spacial score (nSPS) is 11.9. The molecule has 0 bridgehead atoms. The number of amides is 1. The summed E-state index contributed by atoms with van der Waals surface area (Å²) in [6.45, 7) is 0. The number of hydrogen-bond donors (Lipinski definition) is 2. The molecule has 114 valence electrons. The van der Waals surface area contributed by atoms with Crippen LogP contribution in [0, 0.1) is 0 Å². The van der Waals surface area contributed by atoms with E-state index in [4.69, 9.17) is 5.73 Å². The molecule has 2 aromatic rings. The van der Waals surface area contributed by atoms with Gasteiger partial charge in [0.2, 0.25) is 0 Å². The summed E-state index contributed by atoms with van der Waals surface area (Å²) in [5.41, 5.74) is 8.05. The molecule has 0 saturated heterocycles. The van der Waals surface area contributed by atoms with Gasteiger partial charge in [-0.2, -0.15) is 5.10 Å². The molecule has 1 aromatic carbocycles. The summed E-state index contributed by atoms with van der Waals surface area (Å²) in [5.74, 6) is -1.21. The highest BCUT2D eigenvalue weighted by Gasteiger charge is 2.16. The largest absolute Gasteiger partial charge is 0.385 e. The van der Waals surface area contributed by atoms with Crippen LogP contribution in [0.3, 0.4) is 0 Å². The highest BCUT2D eigenvalue weighted by atomic mass is 32.2. The first-order valence-corrected chi connectivity index (χ1v) is 7.94. The summed E-state index contributed by atoms with van der Waals surface area (Å²) >= 11 is 0. The molecule has 0 aliphatic carbocycles. The number of carbonyl (C=O) groups is 1. The molecule has 2 rings (SSSR count). The van der Waals surface area contributed by atoms with Gasteiger partial charge < -0.3 is 5.73 Å². The number of benzene rings is 1. The first-order valence-electron chi connectivity index (χ1n) is 6.29. The van der Waals surface area contributed by atoms with E-state index >= 15 is 0 Å². The molecule has 0 saturated carbocycles. The third-order valence-electron chi connectivity index (χ3n) is 2.67. The lowest BCUT2D eigenvalue weighted by Crippen LogP contribution is -2.28. The number of rotatable bonds is 5. The van der Waals surface area contributed by atoms with Crippen molar-refractivity contribution in [1.29, 1.82) is 0 Å². The van der Waals surface area contributed by atoms with Crippen molar-refractivity contribution in [2.45, 2.75) is 4.90 Å². The summed E-state index contributed by atoms with van der Waals surface area (Å²) < 4.78 is 24.1. The zero-order valence-corrected chi connectivity index (χ0v) is 12.3. The average Bonchev–Trinajstić information content (AvgIpc) is 2.54. The molecule has 1 heterocycles. The van der Waals surface area contributed by atoms with Crippen molar-refractivity contribution < 1.29 is 13.2 Å². The molecule has 0 fully saturated rings. The molecule has 0 aliphatic heterocycles. The first-order chi connectivity index (χ1) is 10.5. The molecule has 0 spiro atoms. The molecule has 0 aliphatic rings. The third kappa shape index (κ3) is 4.13. The Bertz CT molecular complexity index is 774. The second kappa shape index (κ2) is 6.81. The van der Waals surface area contributed by atoms with Crippen LogP contribution < -0.4 is 11.2 Å². The van der Waals surface area contributed by atoms with Crippen LogP contribution in [-0.4, -0.2) is 30.9 Å².